The molecule has 1 amide bonds. The van der Waals surface area contributed by atoms with Crippen LogP contribution in [-0.4, -0.2) is 25.5 Å². The van der Waals surface area contributed by atoms with Crippen LogP contribution in [0.25, 0.3) is 0 Å². The average molecular weight is 432 g/mol. The zero-order chi connectivity index (χ0) is 21.7. The van der Waals surface area contributed by atoms with E-state index >= 15 is 0 Å². The lowest BCUT2D eigenvalue weighted by molar-refractivity contribution is -0.386. The fraction of sp³-hybridized carbons (Fsp3) is 0.381. The molecule has 0 unspecified atom stereocenters. The third kappa shape index (κ3) is 5.35. The minimum absolute atomic E-state index is 0.0244. The molecule has 3 rings (SSSR count). The van der Waals surface area contributed by atoms with Crippen LogP contribution in [0.15, 0.2) is 47.4 Å². The Labute approximate surface area is 175 Å². The van der Waals surface area contributed by atoms with E-state index < -0.39 is 20.4 Å². The van der Waals surface area contributed by atoms with Gasteiger partial charge in [-0.1, -0.05) is 37.5 Å². The molecule has 0 heterocycles. The Kier molecular flexibility index (Phi) is 6.71. The molecule has 2 N–H and O–H groups in total. The van der Waals surface area contributed by atoms with E-state index in [1.807, 2.05) is 6.07 Å². The molecule has 0 aliphatic heterocycles. The molecule has 0 aromatic heterocycles. The summed E-state index contributed by atoms with van der Waals surface area (Å²) in [6.07, 6.45) is 6.09. The zero-order valence-corrected chi connectivity index (χ0v) is 17.6. The van der Waals surface area contributed by atoms with Gasteiger partial charge in [0.05, 0.1) is 4.92 Å². The molecule has 0 spiro atoms. The predicted octanol–water partition coefficient (Wildman–Crippen LogP) is 4.13. The first-order chi connectivity index (χ1) is 14.3. The molecule has 0 saturated heterocycles. The van der Waals surface area contributed by atoms with Gasteiger partial charge in [0.25, 0.3) is 0 Å². The van der Waals surface area contributed by atoms with Crippen LogP contribution in [0.3, 0.4) is 0 Å². The number of benzene rings is 2. The standard InChI is InChI=1S/C21H25N3O5S/c1-30(28,29)19-12-6-11-18(20(19)24(26)27)22-14-15-7-5-10-17(13-15)23-21(25)16-8-3-2-4-9-16/h5-7,10-13,16,22H,2-4,8-9,14H2,1H3,(H,23,25). The third-order valence-corrected chi connectivity index (χ3v) is 6.36. The van der Waals surface area contributed by atoms with E-state index in [9.17, 15) is 23.3 Å². The first-order valence-electron chi connectivity index (χ1n) is 9.87. The number of rotatable bonds is 7. The summed E-state index contributed by atoms with van der Waals surface area (Å²) in [7, 11) is -3.74. The largest absolute Gasteiger partial charge is 0.375 e. The molecule has 1 saturated carbocycles. The summed E-state index contributed by atoms with van der Waals surface area (Å²) in [5.41, 5.74) is 1.13. The summed E-state index contributed by atoms with van der Waals surface area (Å²) in [4.78, 5) is 22.9. The second-order valence-electron chi connectivity index (χ2n) is 7.56. The van der Waals surface area contributed by atoms with Gasteiger partial charge in [-0.2, -0.15) is 0 Å². The highest BCUT2D eigenvalue weighted by Gasteiger charge is 2.26. The molecule has 160 valence electrons. The van der Waals surface area contributed by atoms with E-state index in [-0.39, 0.29) is 29.0 Å². The number of carbonyl (C=O) groups excluding carboxylic acids is 1. The number of nitro benzene ring substituents is 1. The maximum atomic E-state index is 12.5. The van der Waals surface area contributed by atoms with Crippen molar-refractivity contribution in [2.45, 2.75) is 43.5 Å². The molecular formula is C21H25N3O5S. The quantitative estimate of drug-likeness (QED) is 0.503. The second-order valence-corrected chi connectivity index (χ2v) is 9.54. The minimum atomic E-state index is -3.74. The Hall–Kier alpha value is -2.94. The number of hydrogen-bond donors (Lipinski definition) is 2. The maximum Gasteiger partial charge on any atom is 0.310 e. The van der Waals surface area contributed by atoms with Crippen molar-refractivity contribution < 1.29 is 18.1 Å². The molecule has 2 aromatic rings. The Balaban J connectivity index is 1.73. The smallest absolute Gasteiger partial charge is 0.310 e. The lowest BCUT2D eigenvalue weighted by Gasteiger charge is -2.21. The van der Waals surface area contributed by atoms with Gasteiger partial charge in [0, 0.05) is 24.4 Å². The average Bonchev–Trinajstić information content (AvgIpc) is 2.72. The number of para-hydroxylation sites is 1. The molecule has 30 heavy (non-hydrogen) atoms. The van der Waals surface area contributed by atoms with Crippen LogP contribution < -0.4 is 10.6 Å². The Morgan fingerprint density at radius 1 is 1.13 bits per heavy atom. The summed E-state index contributed by atoms with van der Waals surface area (Å²) in [5.74, 6) is 0.0678. The van der Waals surface area contributed by atoms with E-state index in [4.69, 9.17) is 0 Å². The number of nitrogens with one attached hydrogen (secondary N) is 2. The van der Waals surface area contributed by atoms with Crippen molar-refractivity contribution in [3.8, 4) is 0 Å². The lowest BCUT2D eigenvalue weighted by atomic mass is 9.88. The van der Waals surface area contributed by atoms with Crippen molar-refractivity contribution >= 4 is 32.8 Å². The van der Waals surface area contributed by atoms with Crippen molar-refractivity contribution in [3.63, 3.8) is 0 Å². The van der Waals surface area contributed by atoms with Crippen LogP contribution in [0.4, 0.5) is 17.1 Å². The molecule has 1 fully saturated rings. The number of hydrogen-bond acceptors (Lipinski definition) is 6. The molecule has 9 heteroatoms. The van der Waals surface area contributed by atoms with E-state index in [2.05, 4.69) is 10.6 Å². The van der Waals surface area contributed by atoms with Crippen LogP contribution in [0.5, 0.6) is 0 Å². The summed E-state index contributed by atoms with van der Waals surface area (Å²) in [6, 6.07) is 11.4. The molecule has 0 atom stereocenters. The minimum Gasteiger partial charge on any atom is -0.375 e. The van der Waals surface area contributed by atoms with Gasteiger partial charge in [-0.25, -0.2) is 8.42 Å². The molecule has 0 bridgehead atoms. The fourth-order valence-electron chi connectivity index (χ4n) is 3.72. The molecule has 8 nitrogen and oxygen atoms in total. The fourth-order valence-corrected chi connectivity index (χ4v) is 4.58. The van der Waals surface area contributed by atoms with Crippen LogP contribution >= 0.6 is 0 Å². The van der Waals surface area contributed by atoms with Crippen molar-refractivity contribution in [2.24, 2.45) is 5.92 Å². The van der Waals surface area contributed by atoms with Crippen molar-refractivity contribution in [2.75, 3.05) is 16.9 Å². The van der Waals surface area contributed by atoms with Crippen LogP contribution in [0.2, 0.25) is 0 Å². The van der Waals surface area contributed by atoms with Crippen LogP contribution in [-0.2, 0) is 21.2 Å². The van der Waals surface area contributed by atoms with Crippen LogP contribution in [0.1, 0.15) is 37.7 Å². The van der Waals surface area contributed by atoms with Gasteiger partial charge in [-0.05, 0) is 42.7 Å². The first kappa shape index (κ1) is 21.8. The Morgan fingerprint density at radius 2 is 1.83 bits per heavy atom. The third-order valence-electron chi connectivity index (χ3n) is 5.23. The summed E-state index contributed by atoms with van der Waals surface area (Å²) in [6.45, 7) is 0.237. The number of nitro groups is 1. The first-order valence-corrected chi connectivity index (χ1v) is 11.8. The number of nitrogens with zero attached hydrogens (tertiary/aromatic N) is 1. The Bertz CT molecular complexity index is 1050. The van der Waals surface area contributed by atoms with Gasteiger partial charge in [0.15, 0.2) is 9.84 Å². The number of carbonyl (C=O) groups is 1. The number of anilines is 2. The second kappa shape index (κ2) is 9.25. The summed E-state index contributed by atoms with van der Waals surface area (Å²) < 4.78 is 23.8. The van der Waals surface area contributed by atoms with Gasteiger partial charge in [0.2, 0.25) is 5.91 Å². The van der Waals surface area contributed by atoms with Gasteiger partial charge < -0.3 is 10.6 Å². The predicted molar refractivity (Wildman–Crippen MR) is 115 cm³/mol. The summed E-state index contributed by atoms with van der Waals surface area (Å²) in [5, 5.41) is 17.4. The van der Waals surface area contributed by atoms with Crippen molar-refractivity contribution in [1.29, 1.82) is 0 Å². The van der Waals surface area contributed by atoms with E-state index in [1.165, 1.54) is 24.6 Å². The normalized spacial score (nSPS) is 14.8. The van der Waals surface area contributed by atoms with Gasteiger partial charge in [0.1, 0.15) is 10.6 Å². The molecule has 0 radical (unpaired) electrons. The van der Waals surface area contributed by atoms with Gasteiger partial charge in [-0.15, -0.1) is 0 Å². The molecular weight excluding hydrogens is 406 g/mol. The highest BCUT2D eigenvalue weighted by Crippen LogP contribution is 2.32. The topological polar surface area (TPSA) is 118 Å². The van der Waals surface area contributed by atoms with E-state index in [1.54, 1.807) is 18.2 Å². The SMILES string of the molecule is CS(=O)(=O)c1cccc(NCc2cccc(NC(=O)C3CCCCC3)c2)c1[N+](=O)[O-]. The highest BCUT2D eigenvalue weighted by atomic mass is 32.2. The lowest BCUT2D eigenvalue weighted by Crippen LogP contribution is -2.24. The Morgan fingerprint density at radius 3 is 2.50 bits per heavy atom. The number of amides is 1. The summed E-state index contributed by atoms with van der Waals surface area (Å²) >= 11 is 0. The highest BCUT2D eigenvalue weighted by molar-refractivity contribution is 7.90. The van der Waals surface area contributed by atoms with Crippen molar-refractivity contribution in [1.82, 2.24) is 0 Å². The molecule has 1 aliphatic carbocycles. The molecule has 2 aromatic carbocycles. The monoisotopic (exact) mass is 431 g/mol. The maximum absolute atomic E-state index is 12.5. The number of sulfone groups is 1. The van der Waals surface area contributed by atoms with Crippen molar-refractivity contribution in [3.05, 3.63) is 58.1 Å². The van der Waals surface area contributed by atoms with Gasteiger partial charge >= 0.3 is 5.69 Å². The molecule has 1 aliphatic rings. The zero-order valence-electron chi connectivity index (χ0n) is 16.8. The van der Waals surface area contributed by atoms with Gasteiger partial charge in [-0.3, -0.25) is 14.9 Å². The van der Waals surface area contributed by atoms with Crippen LogP contribution in [0, 0.1) is 16.0 Å². The van der Waals surface area contributed by atoms with E-state index in [0.29, 0.717) is 5.69 Å². The van der Waals surface area contributed by atoms with E-state index in [0.717, 1.165) is 37.5 Å².